The van der Waals surface area contributed by atoms with Gasteiger partial charge in [0.25, 0.3) is 0 Å². The molecule has 98 valence electrons. The van der Waals surface area contributed by atoms with Crippen LogP contribution in [0.2, 0.25) is 0 Å². The van der Waals surface area contributed by atoms with Gasteiger partial charge >= 0.3 is 0 Å². The molecule has 2 rings (SSSR count). The summed E-state index contributed by atoms with van der Waals surface area (Å²) in [5.41, 5.74) is 5.10. The molecule has 1 amide bonds. The summed E-state index contributed by atoms with van der Waals surface area (Å²) in [5, 5.41) is 9.89. The molecule has 0 aromatic carbocycles. The summed E-state index contributed by atoms with van der Waals surface area (Å²) >= 11 is 0. The average Bonchev–Trinajstić information content (AvgIpc) is 2.60. The van der Waals surface area contributed by atoms with Crippen molar-refractivity contribution in [2.45, 2.75) is 57.6 Å². The molecule has 1 saturated carbocycles. The van der Waals surface area contributed by atoms with Crippen molar-refractivity contribution >= 4 is 5.91 Å². The number of nitrogens with zero attached hydrogens (tertiary/aromatic N) is 1. The molecule has 3 N–H and O–H groups in total. The third-order valence-corrected chi connectivity index (χ3v) is 4.65. The van der Waals surface area contributed by atoms with Gasteiger partial charge in [0.15, 0.2) is 0 Å². The lowest BCUT2D eigenvalue weighted by molar-refractivity contribution is -0.145. The number of nitrogens with two attached hydrogens (primary N) is 1. The Balaban J connectivity index is 2.02. The predicted molar refractivity (Wildman–Crippen MR) is 66.4 cm³/mol. The lowest BCUT2D eigenvalue weighted by Crippen LogP contribution is -2.53. The van der Waals surface area contributed by atoms with Crippen LogP contribution in [0.3, 0.4) is 0 Å². The van der Waals surface area contributed by atoms with Gasteiger partial charge < -0.3 is 15.7 Å². The largest absolute Gasteiger partial charge is 0.390 e. The van der Waals surface area contributed by atoms with Gasteiger partial charge in [-0.25, -0.2) is 0 Å². The second-order valence-corrected chi connectivity index (χ2v) is 6.21. The van der Waals surface area contributed by atoms with Crippen LogP contribution in [-0.2, 0) is 4.79 Å². The molecule has 0 aromatic rings. The molecule has 1 heterocycles. The first-order valence-electron chi connectivity index (χ1n) is 6.62. The Kier molecular flexibility index (Phi) is 3.21. The van der Waals surface area contributed by atoms with E-state index >= 15 is 0 Å². The van der Waals surface area contributed by atoms with E-state index in [0.29, 0.717) is 25.9 Å². The van der Waals surface area contributed by atoms with Crippen LogP contribution in [0.1, 0.15) is 46.0 Å². The fraction of sp³-hybridized carbons (Fsp3) is 0.923. The van der Waals surface area contributed by atoms with Crippen LogP contribution in [0.25, 0.3) is 0 Å². The maximum absolute atomic E-state index is 12.5. The molecule has 1 saturated heterocycles. The standard InChI is InChI=1S/C13H24N2O2/c1-12(17)6-8-15(9-7-12)11(16)13(2)5-3-4-10(13)14/h10,17H,3-9,14H2,1-2H3. The van der Waals surface area contributed by atoms with Crippen molar-refractivity contribution in [3.8, 4) is 0 Å². The highest BCUT2D eigenvalue weighted by atomic mass is 16.3. The maximum atomic E-state index is 12.5. The van der Waals surface area contributed by atoms with E-state index in [1.165, 1.54) is 0 Å². The Morgan fingerprint density at radius 2 is 1.88 bits per heavy atom. The van der Waals surface area contributed by atoms with Crippen molar-refractivity contribution in [1.82, 2.24) is 4.90 Å². The number of carbonyl (C=O) groups excluding carboxylic acids is 1. The fourth-order valence-corrected chi connectivity index (χ4v) is 3.01. The van der Waals surface area contributed by atoms with Gasteiger partial charge in [-0.15, -0.1) is 0 Å². The minimum atomic E-state index is -0.602. The second kappa shape index (κ2) is 4.25. The Labute approximate surface area is 103 Å². The first kappa shape index (κ1) is 12.8. The Morgan fingerprint density at radius 1 is 1.29 bits per heavy atom. The second-order valence-electron chi connectivity index (χ2n) is 6.21. The van der Waals surface area contributed by atoms with Gasteiger partial charge in [-0.1, -0.05) is 6.42 Å². The smallest absolute Gasteiger partial charge is 0.230 e. The Hall–Kier alpha value is -0.610. The van der Waals surface area contributed by atoms with Crippen LogP contribution in [0.4, 0.5) is 0 Å². The van der Waals surface area contributed by atoms with E-state index < -0.39 is 5.60 Å². The van der Waals surface area contributed by atoms with Crippen LogP contribution >= 0.6 is 0 Å². The predicted octanol–water partition coefficient (Wildman–Crippen LogP) is 0.877. The lowest BCUT2D eigenvalue weighted by atomic mass is 9.82. The van der Waals surface area contributed by atoms with Crippen LogP contribution in [-0.4, -0.2) is 40.6 Å². The minimum Gasteiger partial charge on any atom is -0.390 e. The molecule has 1 aliphatic carbocycles. The molecule has 1 aliphatic heterocycles. The van der Waals surface area contributed by atoms with E-state index in [4.69, 9.17) is 5.73 Å². The quantitative estimate of drug-likeness (QED) is 0.715. The summed E-state index contributed by atoms with van der Waals surface area (Å²) in [7, 11) is 0. The summed E-state index contributed by atoms with van der Waals surface area (Å²) in [4.78, 5) is 14.4. The van der Waals surface area contributed by atoms with E-state index in [-0.39, 0.29) is 17.4 Å². The van der Waals surface area contributed by atoms with Gasteiger partial charge in [0.05, 0.1) is 11.0 Å². The summed E-state index contributed by atoms with van der Waals surface area (Å²) in [6.45, 7) is 5.17. The van der Waals surface area contributed by atoms with Crippen LogP contribution in [0.15, 0.2) is 0 Å². The number of carbonyl (C=O) groups is 1. The molecule has 4 heteroatoms. The monoisotopic (exact) mass is 240 g/mol. The summed E-state index contributed by atoms with van der Waals surface area (Å²) in [6.07, 6.45) is 4.25. The van der Waals surface area contributed by atoms with Crippen LogP contribution in [0.5, 0.6) is 0 Å². The number of hydrogen-bond acceptors (Lipinski definition) is 3. The van der Waals surface area contributed by atoms with Crippen molar-refractivity contribution < 1.29 is 9.90 Å². The highest BCUT2D eigenvalue weighted by Crippen LogP contribution is 2.39. The Bertz CT molecular complexity index is 307. The van der Waals surface area contributed by atoms with Crippen molar-refractivity contribution in [3.63, 3.8) is 0 Å². The molecular weight excluding hydrogens is 216 g/mol. The first-order chi connectivity index (χ1) is 7.85. The number of hydrogen-bond donors (Lipinski definition) is 2. The van der Waals surface area contributed by atoms with Crippen molar-refractivity contribution in [2.75, 3.05) is 13.1 Å². The summed E-state index contributed by atoms with van der Waals surface area (Å²) in [6, 6.07) is -0.00237. The normalized spacial score (nSPS) is 37.2. The number of piperidine rings is 1. The van der Waals surface area contributed by atoms with Gasteiger partial charge in [0.2, 0.25) is 5.91 Å². The molecule has 2 aliphatic rings. The van der Waals surface area contributed by atoms with Gasteiger partial charge in [-0.3, -0.25) is 4.79 Å². The summed E-state index contributed by atoms with van der Waals surface area (Å²) in [5.74, 6) is 0.193. The zero-order chi connectivity index (χ0) is 12.7. The molecule has 0 spiro atoms. The highest BCUT2D eigenvalue weighted by Gasteiger charge is 2.46. The first-order valence-corrected chi connectivity index (χ1v) is 6.62. The maximum Gasteiger partial charge on any atom is 0.230 e. The van der Waals surface area contributed by atoms with Gasteiger partial charge in [-0.05, 0) is 39.5 Å². The number of likely N-dealkylation sites (tertiary alicyclic amines) is 1. The molecule has 4 nitrogen and oxygen atoms in total. The number of amides is 1. The van der Waals surface area contributed by atoms with Gasteiger partial charge in [-0.2, -0.15) is 0 Å². The van der Waals surface area contributed by atoms with Crippen molar-refractivity contribution in [1.29, 1.82) is 0 Å². The lowest BCUT2D eigenvalue weighted by Gasteiger charge is -2.40. The number of aliphatic hydroxyl groups is 1. The van der Waals surface area contributed by atoms with E-state index in [9.17, 15) is 9.90 Å². The third kappa shape index (κ3) is 2.33. The minimum absolute atomic E-state index is 0.00237. The molecule has 2 unspecified atom stereocenters. The molecule has 2 atom stereocenters. The van der Waals surface area contributed by atoms with Crippen molar-refractivity contribution in [2.24, 2.45) is 11.1 Å². The van der Waals surface area contributed by atoms with Crippen LogP contribution < -0.4 is 5.73 Å². The highest BCUT2D eigenvalue weighted by molar-refractivity contribution is 5.83. The molecule has 17 heavy (non-hydrogen) atoms. The van der Waals surface area contributed by atoms with E-state index in [0.717, 1.165) is 19.3 Å². The topological polar surface area (TPSA) is 66.6 Å². The zero-order valence-corrected chi connectivity index (χ0v) is 10.9. The molecular formula is C13H24N2O2. The van der Waals surface area contributed by atoms with E-state index in [1.54, 1.807) is 0 Å². The average molecular weight is 240 g/mol. The molecule has 0 aromatic heterocycles. The molecule has 0 radical (unpaired) electrons. The van der Waals surface area contributed by atoms with Crippen LogP contribution in [0, 0.1) is 5.41 Å². The Morgan fingerprint density at radius 3 is 2.35 bits per heavy atom. The van der Waals surface area contributed by atoms with Gasteiger partial charge in [0, 0.05) is 19.1 Å². The van der Waals surface area contributed by atoms with E-state index in [1.807, 2.05) is 18.7 Å². The third-order valence-electron chi connectivity index (χ3n) is 4.65. The summed E-state index contributed by atoms with van der Waals surface area (Å²) < 4.78 is 0. The zero-order valence-electron chi connectivity index (χ0n) is 10.9. The SMILES string of the molecule is CC1(O)CCN(C(=O)C2(C)CCCC2N)CC1. The molecule has 0 bridgehead atoms. The van der Waals surface area contributed by atoms with Gasteiger partial charge in [0.1, 0.15) is 0 Å². The number of rotatable bonds is 1. The molecule has 2 fully saturated rings. The van der Waals surface area contributed by atoms with E-state index in [2.05, 4.69) is 0 Å². The fourth-order valence-electron chi connectivity index (χ4n) is 3.01. The van der Waals surface area contributed by atoms with Crippen molar-refractivity contribution in [3.05, 3.63) is 0 Å².